The van der Waals surface area contributed by atoms with Crippen LogP contribution in [0.4, 0.5) is 17.8 Å². The smallest absolute Gasteiger partial charge is 0.246 e. The summed E-state index contributed by atoms with van der Waals surface area (Å²) in [6.45, 7) is 9.18. The third kappa shape index (κ3) is 6.26. The minimum absolute atomic E-state index is 0.178. The van der Waals surface area contributed by atoms with Crippen molar-refractivity contribution in [1.82, 2.24) is 24.2 Å². The highest BCUT2D eigenvalue weighted by Gasteiger charge is 2.32. The maximum absolute atomic E-state index is 13.3. The Morgan fingerprint density at radius 1 is 0.842 bits per heavy atom. The van der Waals surface area contributed by atoms with E-state index in [1.54, 1.807) is 24.3 Å². The van der Waals surface area contributed by atoms with Crippen LogP contribution in [0.25, 0.3) is 0 Å². The summed E-state index contributed by atoms with van der Waals surface area (Å²) in [5.41, 5.74) is 0. The molecule has 0 bridgehead atoms. The van der Waals surface area contributed by atoms with Gasteiger partial charge in [0.1, 0.15) is 10.6 Å². The van der Waals surface area contributed by atoms with Gasteiger partial charge in [0.05, 0.1) is 33.5 Å². The van der Waals surface area contributed by atoms with E-state index in [9.17, 15) is 8.42 Å². The zero-order valence-corrected chi connectivity index (χ0v) is 22.6. The van der Waals surface area contributed by atoms with Gasteiger partial charge < -0.3 is 29.3 Å². The van der Waals surface area contributed by atoms with Gasteiger partial charge in [-0.05, 0) is 12.1 Å². The molecule has 13 nitrogen and oxygen atoms in total. The van der Waals surface area contributed by atoms with E-state index in [2.05, 4.69) is 15.1 Å². The van der Waals surface area contributed by atoms with Gasteiger partial charge in [-0.25, -0.2) is 8.42 Å². The van der Waals surface area contributed by atoms with Crippen LogP contribution in [0.15, 0.2) is 29.2 Å². The predicted molar refractivity (Wildman–Crippen MR) is 143 cm³/mol. The summed E-state index contributed by atoms with van der Waals surface area (Å²) in [6.07, 6.45) is 0. The number of rotatable bonds is 9. The average molecular weight is 549 g/mol. The predicted octanol–water partition coefficient (Wildman–Crippen LogP) is -0.0282. The molecule has 0 radical (unpaired) electrons. The molecule has 14 heteroatoms. The van der Waals surface area contributed by atoms with Crippen LogP contribution < -0.4 is 19.9 Å². The van der Waals surface area contributed by atoms with E-state index in [1.165, 1.54) is 11.4 Å². The fourth-order valence-corrected chi connectivity index (χ4v) is 6.31. The van der Waals surface area contributed by atoms with E-state index < -0.39 is 10.0 Å². The molecular weight excluding hydrogens is 512 g/mol. The van der Waals surface area contributed by atoms with E-state index in [0.29, 0.717) is 82.6 Å². The van der Waals surface area contributed by atoms with Gasteiger partial charge in [-0.1, -0.05) is 12.1 Å². The Morgan fingerprint density at radius 2 is 1.45 bits per heavy atom. The molecule has 1 aromatic heterocycles. The lowest BCUT2D eigenvalue weighted by Gasteiger charge is -2.35. The van der Waals surface area contributed by atoms with E-state index >= 15 is 0 Å². The van der Waals surface area contributed by atoms with Gasteiger partial charge in [0.15, 0.2) is 0 Å². The number of piperazine rings is 1. The van der Waals surface area contributed by atoms with Crippen LogP contribution >= 0.6 is 0 Å². The molecule has 0 aliphatic carbocycles. The third-order valence-electron chi connectivity index (χ3n) is 6.93. The van der Waals surface area contributed by atoms with Gasteiger partial charge in [-0.3, -0.25) is 4.90 Å². The van der Waals surface area contributed by atoms with Crippen molar-refractivity contribution < 1.29 is 22.6 Å². The number of anilines is 3. The topological polar surface area (TPSA) is 125 Å². The van der Waals surface area contributed by atoms with Crippen LogP contribution in [0.3, 0.4) is 0 Å². The molecule has 4 heterocycles. The first-order valence-electron chi connectivity index (χ1n) is 13.1. The van der Waals surface area contributed by atoms with Gasteiger partial charge in [0.25, 0.3) is 0 Å². The molecule has 0 amide bonds. The van der Waals surface area contributed by atoms with Gasteiger partial charge >= 0.3 is 0 Å². The first-order chi connectivity index (χ1) is 18.5. The van der Waals surface area contributed by atoms with E-state index in [1.807, 2.05) is 4.90 Å². The molecule has 0 spiro atoms. The summed E-state index contributed by atoms with van der Waals surface area (Å²) in [4.78, 5) is 20.8. The van der Waals surface area contributed by atoms with Crippen molar-refractivity contribution in [1.29, 1.82) is 0 Å². The van der Waals surface area contributed by atoms with Gasteiger partial charge in [0.2, 0.25) is 27.9 Å². The van der Waals surface area contributed by atoms with Crippen LogP contribution in [-0.4, -0.2) is 132 Å². The number of morpholine rings is 2. The third-order valence-corrected chi connectivity index (χ3v) is 8.87. The minimum Gasteiger partial charge on any atom is -0.495 e. The fourth-order valence-electron chi connectivity index (χ4n) is 4.73. The number of ether oxygens (including phenoxy) is 3. The molecule has 0 unspecified atom stereocenters. The number of aromatic nitrogens is 3. The Labute approximate surface area is 223 Å². The molecule has 0 atom stereocenters. The summed E-state index contributed by atoms with van der Waals surface area (Å²) >= 11 is 0. The van der Waals surface area contributed by atoms with Crippen LogP contribution in [-0.2, 0) is 19.5 Å². The maximum Gasteiger partial charge on any atom is 0.246 e. The second-order valence-electron chi connectivity index (χ2n) is 9.28. The molecule has 2 aromatic rings. The first-order valence-corrected chi connectivity index (χ1v) is 14.5. The molecule has 3 saturated heterocycles. The Kier molecular flexibility index (Phi) is 8.74. The molecule has 0 saturated carbocycles. The molecule has 38 heavy (non-hydrogen) atoms. The number of methoxy groups -OCH3 is 1. The first kappa shape index (κ1) is 26.8. The number of nitrogens with zero attached hydrogens (tertiary/aromatic N) is 7. The minimum atomic E-state index is -3.69. The Morgan fingerprint density at radius 3 is 2.11 bits per heavy atom. The van der Waals surface area contributed by atoms with Crippen molar-refractivity contribution in [3.8, 4) is 5.75 Å². The highest BCUT2D eigenvalue weighted by Crippen LogP contribution is 2.27. The van der Waals surface area contributed by atoms with E-state index in [-0.39, 0.29) is 4.90 Å². The second kappa shape index (κ2) is 12.4. The zero-order valence-electron chi connectivity index (χ0n) is 21.8. The Bertz CT molecular complexity index is 1170. The largest absolute Gasteiger partial charge is 0.495 e. The summed E-state index contributed by atoms with van der Waals surface area (Å²) in [5, 5.41) is 3.37. The quantitative estimate of drug-likeness (QED) is 0.452. The lowest BCUT2D eigenvalue weighted by atomic mass is 10.3. The molecule has 3 aliphatic rings. The maximum atomic E-state index is 13.3. The molecule has 5 rings (SSSR count). The van der Waals surface area contributed by atoms with Crippen molar-refractivity contribution >= 4 is 27.9 Å². The number of nitrogens with one attached hydrogen (secondary N) is 1. The number of hydrogen-bond donors (Lipinski definition) is 1. The number of sulfonamides is 1. The number of para-hydroxylation sites is 1. The highest BCUT2D eigenvalue weighted by molar-refractivity contribution is 7.89. The second-order valence-corrected chi connectivity index (χ2v) is 11.2. The Balaban J connectivity index is 1.28. The van der Waals surface area contributed by atoms with Crippen LogP contribution in [0, 0.1) is 0 Å². The zero-order chi connectivity index (χ0) is 26.4. The molecule has 1 N–H and O–H groups in total. The highest BCUT2D eigenvalue weighted by atomic mass is 32.2. The van der Waals surface area contributed by atoms with Gasteiger partial charge in [0, 0.05) is 65.4 Å². The molecular formula is C24H36N8O5S. The van der Waals surface area contributed by atoms with Crippen molar-refractivity contribution in [2.24, 2.45) is 0 Å². The molecule has 208 valence electrons. The lowest BCUT2D eigenvalue weighted by Crippen LogP contribution is -2.49. The van der Waals surface area contributed by atoms with Crippen molar-refractivity contribution in [3.63, 3.8) is 0 Å². The average Bonchev–Trinajstić information content (AvgIpc) is 2.98. The fraction of sp³-hybridized carbons (Fsp3) is 0.625. The van der Waals surface area contributed by atoms with Crippen LogP contribution in [0.1, 0.15) is 0 Å². The number of benzene rings is 1. The van der Waals surface area contributed by atoms with E-state index in [4.69, 9.17) is 29.2 Å². The summed E-state index contributed by atoms with van der Waals surface area (Å²) < 4.78 is 44.4. The number of hydrogen-bond acceptors (Lipinski definition) is 12. The summed E-state index contributed by atoms with van der Waals surface area (Å²) in [7, 11) is -2.21. The Hall–Kier alpha value is -2.78. The molecule has 3 fully saturated rings. The van der Waals surface area contributed by atoms with Crippen molar-refractivity contribution in [2.75, 3.05) is 114 Å². The monoisotopic (exact) mass is 548 g/mol. The van der Waals surface area contributed by atoms with Gasteiger partial charge in [-0.15, -0.1) is 0 Å². The standard InChI is InChI=1S/C24H36N8O5S/c1-35-20-4-2-3-5-21(20)38(33,34)32-10-8-30(9-11-32)23-26-22(25-6-7-29-12-16-36-17-13-29)27-24(28-23)31-14-18-37-19-15-31/h2-5H,6-19H2,1H3,(H,25,26,27,28). The van der Waals surface area contributed by atoms with E-state index in [0.717, 1.165) is 32.8 Å². The van der Waals surface area contributed by atoms with Crippen LogP contribution in [0.2, 0.25) is 0 Å². The van der Waals surface area contributed by atoms with Crippen LogP contribution in [0.5, 0.6) is 5.75 Å². The van der Waals surface area contributed by atoms with Gasteiger partial charge in [-0.2, -0.15) is 19.3 Å². The molecule has 1 aromatic carbocycles. The molecule has 3 aliphatic heterocycles. The summed E-state index contributed by atoms with van der Waals surface area (Å²) in [5.74, 6) is 2.02. The van der Waals surface area contributed by atoms with Crippen molar-refractivity contribution in [3.05, 3.63) is 24.3 Å². The SMILES string of the molecule is COc1ccccc1S(=O)(=O)N1CCN(c2nc(NCCN3CCOCC3)nc(N3CCOCC3)n2)CC1. The summed E-state index contributed by atoms with van der Waals surface area (Å²) in [6, 6.07) is 6.71. The normalized spacial score (nSPS) is 19.9. The lowest BCUT2D eigenvalue weighted by molar-refractivity contribution is 0.0398. The van der Waals surface area contributed by atoms with Crippen molar-refractivity contribution in [2.45, 2.75) is 4.90 Å².